The van der Waals surface area contributed by atoms with E-state index in [0.29, 0.717) is 5.92 Å². The highest BCUT2D eigenvalue weighted by Crippen LogP contribution is 2.43. The quantitative estimate of drug-likeness (QED) is 0.297. The Labute approximate surface area is 184 Å². The fraction of sp³-hybridized carbons (Fsp3) is 0.762. The van der Waals surface area contributed by atoms with Gasteiger partial charge in [0.25, 0.3) is 0 Å². The number of halogens is 1. The first-order chi connectivity index (χ1) is 12.7. The van der Waals surface area contributed by atoms with Crippen molar-refractivity contribution in [1.82, 2.24) is 9.71 Å². The summed E-state index contributed by atoms with van der Waals surface area (Å²) in [6.07, 6.45) is 3.39. The molecule has 1 N–H and O–H groups in total. The van der Waals surface area contributed by atoms with Crippen LogP contribution in [0.25, 0.3) is 0 Å². The van der Waals surface area contributed by atoms with Crippen LogP contribution < -0.4 is 4.72 Å². The van der Waals surface area contributed by atoms with Gasteiger partial charge in [0.2, 0.25) is 0 Å². The number of pyridine rings is 1. The number of nitrogens with one attached hydrogen (secondary N) is 1. The van der Waals surface area contributed by atoms with E-state index in [-0.39, 0.29) is 21.9 Å². The van der Waals surface area contributed by atoms with E-state index in [2.05, 4.69) is 59.5 Å². The molecule has 1 fully saturated rings. The SMILES string of the molecule is CC(C)(C)[S+]([O-])NC(c1cccc(Br)n1)C1CCC(O[Si](C)(C)C(C)(C)C)C1. The Hall–Kier alpha value is 0.0769. The molecule has 28 heavy (non-hydrogen) atoms. The summed E-state index contributed by atoms with van der Waals surface area (Å²) >= 11 is 2.33. The summed E-state index contributed by atoms with van der Waals surface area (Å²) in [5, 5.41) is 0.211. The molecule has 0 spiro atoms. The molecule has 4 nitrogen and oxygen atoms in total. The lowest BCUT2D eigenvalue weighted by Crippen LogP contribution is -2.44. The van der Waals surface area contributed by atoms with Crippen molar-refractivity contribution in [2.24, 2.45) is 5.92 Å². The predicted octanol–water partition coefficient (Wildman–Crippen LogP) is 6.13. The van der Waals surface area contributed by atoms with Crippen molar-refractivity contribution < 1.29 is 8.98 Å². The van der Waals surface area contributed by atoms with Gasteiger partial charge in [-0.05, 0) is 92.1 Å². The summed E-state index contributed by atoms with van der Waals surface area (Å²) < 4.78 is 23.4. The van der Waals surface area contributed by atoms with Crippen molar-refractivity contribution in [3.8, 4) is 0 Å². The van der Waals surface area contributed by atoms with Crippen LogP contribution in [0.1, 0.15) is 72.5 Å². The fourth-order valence-corrected chi connectivity index (χ4v) is 5.92. The van der Waals surface area contributed by atoms with Crippen molar-refractivity contribution in [3.05, 3.63) is 28.5 Å². The molecule has 0 aliphatic heterocycles. The molecule has 1 aromatic heterocycles. The van der Waals surface area contributed by atoms with E-state index in [4.69, 9.17) is 4.43 Å². The van der Waals surface area contributed by atoms with Crippen LogP contribution in [-0.2, 0) is 15.8 Å². The smallest absolute Gasteiger partial charge is 0.192 e. The normalized spacial score (nSPS) is 23.6. The molecule has 7 heteroatoms. The molecular formula is C21H37BrN2O2SSi. The molecule has 1 saturated carbocycles. The summed E-state index contributed by atoms with van der Waals surface area (Å²) in [6, 6.07) is 5.93. The lowest BCUT2D eigenvalue weighted by molar-refractivity contribution is 0.179. The highest BCUT2D eigenvalue weighted by molar-refractivity contribution is 9.10. The van der Waals surface area contributed by atoms with Crippen molar-refractivity contribution in [3.63, 3.8) is 0 Å². The fourth-order valence-electron chi connectivity index (χ4n) is 3.26. The summed E-state index contributed by atoms with van der Waals surface area (Å²) in [5.74, 6) is 0.364. The first-order valence-electron chi connectivity index (χ1n) is 10.2. The van der Waals surface area contributed by atoms with E-state index >= 15 is 0 Å². The maximum Gasteiger partial charge on any atom is 0.192 e. The van der Waals surface area contributed by atoms with E-state index in [9.17, 15) is 4.55 Å². The molecule has 4 unspecified atom stereocenters. The Morgan fingerprint density at radius 1 is 1.21 bits per heavy atom. The standard InChI is InChI=1S/C21H37BrN2O2SSi/c1-20(2,3)27(25)24-19(17-10-9-11-18(22)23-17)15-12-13-16(14-15)26-28(7,8)21(4,5)6/h9-11,15-16,19,24H,12-14H2,1-8H3. The van der Waals surface area contributed by atoms with Gasteiger partial charge in [-0.2, -0.15) is 0 Å². The monoisotopic (exact) mass is 488 g/mol. The number of hydrogen-bond donors (Lipinski definition) is 1. The minimum atomic E-state index is -1.79. The van der Waals surface area contributed by atoms with E-state index in [1.807, 2.05) is 39.0 Å². The van der Waals surface area contributed by atoms with Crippen molar-refractivity contribution in [1.29, 1.82) is 0 Å². The molecule has 0 radical (unpaired) electrons. The maximum absolute atomic E-state index is 12.9. The second-order valence-corrected chi connectivity index (χ2v) is 18.0. The van der Waals surface area contributed by atoms with Crippen molar-refractivity contribution in [2.45, 2.75) is 95.8 Å². The first-order valence-corrected chi connectivity index (χ1v) is 15.0. The van der Waals surface area contributed by atoms with Gasteiger partial charge in [0, 0.05) is 17.5 Å². The average molecular weight is 490 g/mol. The Morgan fingerprint density at radius 3 is 2.39 bits per heavy atom. The zero-order valence-corrected chi connectivity index (χ0v) is 22.0. The predicted molar refractivity (Wildman–Crippen MR) is 125 cm³/mol. The van der Waals surface area contributed by atoms with Crippen LogP contribution >= 0.6 is 15.9 Å². The maximum atomic E-state index is 12.9. The third kappa shape index (κ3) is 6.29. The van der Waals surface area contributed by atoms with Gasteiger partial charge in [-0.25, -0.2) is 4.98 Å². The molecule has 4 atom stereocenters. The van der Waals surface area contributed by atoms with Crippen LogP contribution in [0.4, 0.5) is 0 Å². The molecule has 1 aromatic rings. The number of hydrogen-bond acceptors (Lipinski definition) is 4. The molecular weight excluding hydrogens is 452 g/mol. The molecule has 0 aromatic carbocycles. The van der Waals surface area contributed by atoms with E-state index in [0.717, 1.165) is 29.6 Å². The molecule has 1 aliphatic carbocycles. The highest BCUT2D eigenvalue weighted by atomic mass is 79.9. The number of rotatable bonds is 6. The van der Waals surface area contributed by atoms with Gasteiger partial charge in [-0.1, -0.05) is 26.8 Å². The molecule has 0 bridgehead atoms. The van der Waals surface area contributed by atoms with Gasteiger partial charge < -0.3 is 8.98 Å². The van der Waals surface area contributed by atoms with Crippen LogP contribution in [-0.4, -0.2) is 28.7 Å². The lowest BCUT2D eigenvalue weighted by Gasteiger charge is -2.38. The summed E-state index contributed by atoms with van der Waals surface area (Å²) in [5.41, 5.74) is 0.949. The number of aromatic nitrogens is 1. The topological polar surface area (TPSA) is 57.2 Å². The van der Waals surface area contributed by atoms with Gasteiger partial charge in [0.1, 0.15) is 9.35 Å². The Morgan fingerprint density at radius 2 is 1.86 bits per heavy atom. The zero-order chi connectivity index (χ0) is 21.3. The van der Waals surface area contributed by atoms with Crippen LogP contribution in [0.2, 0.25) is 18.1 Å². The number of nitrogens with zero attached hydrogens (tertiary/aromatic N) is 1. The first kappa shape index (κ1) is 24.3. The molecule has 1 aliphatic rings. The Kier molecular flexibility index (Phi) is 7.88. The van der Waals surface area contributed by atoms with Crippen LogP contribution in [0.3, 0.4) is 0 Å². The lowest BCUT2D eigenvalue weighted by atomic mass is 9.96. The Bertz CT molecular complexity index is 661. The third-order valence-corrected chi connectivity index (χ3v) is 12.6. The van der Waals surface area contributed by atoms with Gasteiger partial charge >= 0.3 is 0 Å². The zero-order valence-electron chi connectivity index (χ0n) is 18.6. The Balaban J connectivity index is 2.18. The van der Waals surface area contributed by atoms with Gasteiger partial charge in [-0.3, -0.25) is 0 Å². The summed E-state index contributed by atoms with van der Waals surface area (Å²) in [6.45, 7) is 17.5. The van der Waals surface area contributed by atoms with Crippen LogP contribution in [0.5, 0.6) is 0 Å². The average Bonchev–Trinajstić information content (AvgIpc) is 2.97. The highest BCUT2D eigenvalue weighted by Gasteiger charge is 2.43. The van der Waals surface area contributed by atoms with Gasteiger partial charge in [-0.15, -0.1) is 4.72 Å². The molecule has 2 rings (SSSR count). The van der Waals surface area contributed by atoms with E-state index in [1.54, 1.807) is 0 Å². The largest absolute Gasteiger partial charge is 0.598 e. The molecule has 1 heterocycles. The molecule has 0 amide bonds. The van der Waals surface area contributed by atoms with E-state index < -0.39 is 19.7 Å². The van der Waals surface area contributed by atoms with Gasteiger partial charge in [0.05, 0.1) is 11.7 Å². The molecule has 0 saturated heterocycles. The van der Waals surface area contributed by atoms with Crippen LogP contribution in [0, 0.1) is 5.92 Å². The molecule has 160 valence electrons. The summed E-state index contributed by atoms with van der Waals surface area (Å²) in [4.78, 5) is 4.68. The van der Waals surface area contributed by atoms with Gasteiger partial charge in [0.15, 0.2) is 8.32 Å². The van der Waals surface area contributed by atoms with E-state index in [1.165, 1.54) is 0 Å². The van der Waals surface area contributed by atoms with Crippen LogP contribution in [0.15, 0.2) is 22.8 Å². The third-order valence-electron chi connectivity index (χ3n) is 6.01. The van der Waals surface area contributed by atoms with Crippen molar-refractivity contribution >= 4 is 35.6 Å². The summed E-state index contributed by atoms with van der Waals surface area (Å²) in [7, 11) is -1.79. The second kappa shape index (κ2) is 9.06. The second-order valence-electron chi connectivity index (χ2n) is 10.4. The minimum absolute atomic E-state index is 0.0365. The minimum Gasteiger partial charge on any atom is -0.598 e. The van der Waals surface area contributed by atoms with Crippen molar-refractivity contribution in [2.75, 3.05) is 0 Å².